The summed E-state index contributed by atoms with van der Waals surface area (Å²) in [5.41, 5.74) is 1.81. The molecule has 0 aliphatic carbocycles. The van der Waals surface area contributed by atoms with E-state index in [0.29, 0.717) is 13.0 Å². The smallest absolute Gasteiger partial charge is 0.221 e. The molecule has 5 nitrogen and oxygen atoms in total. The maximum Gasteiger partial charge on any atom is 0.221 e. The number of amides is 1. The lowest BCUT2D eigenvalue weighted by atomic mass is 10.1. The van der Waals surface area contributed by atoms with Crippen molar-refractivity contribution in [3.8, 4) is 0 Å². The van der Waals surface area contributed by atoms with Crippen LogP contribution in [0.2, 0.25) is 0 Å². The Labute approximate surface area is 102 Å². The van der Waals surface area contributed by atoms with Crippen molar-refractivity contribution in [2.24, 2.45) is 0 Å². The number of hydrogen-bond acceptors (Lipinski definition) is 4. The topological polar surface area (TPSA) is 67.2 Å². The fourth-order valence-electron chi connectivity index (χ4n) is 1.87. The van der Waals surface area contributed by atoms with Gasteiger partial charge in [0.2, 0.25) is 5.91 Å². The Morgan fingerprint density at radius 1 is 1.47 bits per heavy atom. The normalized spacial score (nSPS) is 12.5. The van der Waals surface area contributed by atoms with E-state index in [1.54, 1.807) is 0 Å². The first-order chi connectivity index (χ1) is 8.06. The van der Waals surface area contributed by atoms with Crippen LogP contribution in [0.5, 0.6) is 0 Å². The molecule has 5 heteroatoms. The van der Waals surface area contributed by atoms with Gasteiger partial charge < -0.3 is 15.2 Å². The van der Waals surface area contributed by atoms with Gasteiger partial charge in [-0.15, -0.1) is 0 Å². The quantitative estimate of drug-likeness (QED) is 0.738. The van der Waals surface area contributed by atoms with Gasteiger partial charge in [-0.2, -0.15) is 0 Å². The minimum atomic E-state index is -0.0598. The van der Waals surface area contributed by atoms with Crippen LogP contribution in [0.3, 0.4) is 0 Å². The van der Waals surface area contributed by atoms with E-state index < -0.39 is 0 Å². The molecule has 0 spiro atoms. The van der Waals surface area contributed by atoms with Crippen LogP contribution >= 0.6 is 0 Å². The van der Waals surface area contributed by atoms with Crippen molar-refractivity contribution in [3.63, 3.8) is 0 Å². The molecular weight excluding hydrogens is 218 g/mol. The second-order valence-electron chi connectivity index (χ2n) is 4.13. The van der Waals surface area contributed by atoms with Crippen LogP contribution in [0.1, 0.15) is 43.3 Å². The van der Waals surface area contributed by atoms with Gasteiger partial charge in [-0.05, 0) is 27.3 Å². The van der Waals surface area contributed by atoms with Gasteiger partial charge in [0.25, 0.3) is 0 Å². The van der Waals surface area contributed by atoms with E-state index in [-0.39, 0.29) is 11.9 Å². The SMILES string of the molecule is CCNCCC(=O)NC(C)c1c(C)noc1C. The van der Waals surface area contributed by atoms with Crippen LogP contribution in [-0.4, -0.2) is 24.2 Å². The van der Waals surface area contributed by atoms with Crippen molar-refractivity contribution in [1.82, 2.24) is 15.8 Å². The van der Waals surface area contributed by atoms with Gasteiger partial charge in [0.15, 0.2) is 0 Å². The Kier molecular flexibility index (Phi) is 5.15. The first kappa shape index (κ1) is 13.7. The molecule has 0 radical (unpaired) electrons. The summed E-state index contributed by atoms with van der Waals surface area (Å²) in [6, 6.07) is -0.0598. The molecule has 1 aromatic heterocycles. The molecule has 1 atom stereocenters. The van der Waals surface area contributed by atoms with E-state index in [1.165, 1.54) is 0 Å². The van der Waals surface area contributed by atoms with Gasteiger partial charge in [0.1, 0.15) is 5.76 Å². The molecule has 0 aromatic carbocycles. The predicted octanol–water partition coefficient (Wildman–Crippen LogP) is 1.47. The number of rotatable bonds is 6. The van der Waals surface area contributed by atoms with E-state index in [4.69, 9.17) is 4.52 Å². The van der Waals surface area contributed by atoms with Gasteiger partial charge in [0, 0.05) is 18.5 Å². The van der Waals surface area contributed by atoms with E-state index in [0.717, 1.165) is 23.6 Å². The number of aromatic nitrogens is 1. The highest BCUT2D eigenvalue weighted by Crippen LogP contribution is 2.20. The molecule has 0 bridgehead atoms. The zero-order valence-corrected chi connectivity index (χ0v) is 11.0. The summed E-state index contributed by atoms with van der Waals surface area (Å²) >= 11 is 0. The van der Waals surface area contributed by atoms with Crippen LogP contribution in [0.15, 0.2) is 4.52 Å². The Morgan fingerprint density at radius 2 is 2.18 bits per heavy atom. The number of nitrogens with one attached hydrogen (secondary N) is 2. The van der Waals surface area contributed by atoms with E-state index in [9.17, 15) is 4.79 Å². The molecule has 0 aliphatic rings. The molecule has 2 N–H and O–H groups in total. The fourth-order valence-corrected chi connectivity index (χ4v) is 1.87. The second kappa shape index (κ2) is 6.39. The summed E-state index contributed by atoms with van der Waals surface area (Å²) in [6.45, 7) is 9.29. The first-order valence-electron chi connectivity index (χ1n) is 5.99. The van der Waals surface area contributed by atoms with Gasteiger partial charge in [-0.25, -0.2) is 0 Å². The molecule has 1 heterocycles. The largest absolute Gasteiger partial charge is 0.361 e. The molecule has 96 valence electrons. The number of carbonyl (C=O) groups excluding carboxylic acids is 1. The summed E-state index contributed by atoms with van der Waals surface area (Å²) < 4.78 is 5.08. The van der Waals surface area contributed by atoms with Gasteiger partial charge in [-0.3, -0.25) is 4.79 Å². The predicted molar refractivity (Wildman–Crippen MR) is 65.7 cm³/mol. The highest BCUT2D eigenvalue weighted by Gasteiger charge is 2.17. The summed E-state index contributed by atoms with van der Waals surface area (Å²) in [6.07, 6.45) is 0.488. The Morgan fingerprint density at radius 3 is 2.71 bits per heavy atom. The highest BCUT2D eigenvalue weighted by atomic mass is 16.5. The van der Waals surface area contributed by atoms with Crippen LogP contribution < -0.4 is 10.6 Å². The molecule has 17 heavy (non-hydrogen) atoms. The Hall–Kier alpha value is -1.36. The third-order valence-electron chi connectivity index (χ3n) is 2.68. The van der Waals surface area contributed by atoms with Crippen molar-refractivity contribution >= 4 is 5.91 Å². The number of nitrogens with zero attached hydrogens (tertiary/aromatic N) is 1. The first-order valence-corrected chi connectivity index (χ1v) is 5.99. The van der Waals surface area contributed by atoms with Gasteiger partial charge in [0.05, 0.1) is 11.7 Å². The zero-order valence-electron chi connectivity index (χ0n) is 11.0. The molecule has 0 fully saturated rings. The lowest BCUT2D eigenvalue weighted by Crippen LogP contribution is -2.30. The molecule has 1 rings (SSSR count). The second-order valence-corrected chi connectivity index (χ2v) is 4.13. The molecule has 0 saturated carbocycles. The highest BCUT2D eigenvalue weighted by molar-refractivity contribution is 5.76. The molecule has 0 saturated heterocycles. The maximum absolute atomic E-state index is 11.6. The molecular formula is C12H21N3O2. The minimum absolute atomic E-state index is 0.0402. The van der Waals surface area contributed by atoms with Crippen LogP contribution in [0.25, 0.3) is 0 Å². The van der Waals surface area contributed by atoms with Crippen LogP contribution in [-0.2, 0) is 4.79 Å². The molecule has 0 aliphatic heterocycles. The summed E-state index contributed by atoms with van der Waals surface area (Å²) in [7, 11) is 0. The van der Waals surface area contributed by atoms with Crippen molar-refractivity contribution in [1.29, 1.82) is 0 Å². The van der Waals surface area contributed by atoms with Gasteiger partial charge in [-0.1, -0.05) is 12.1 Å². The summed E-state index contributed by atoms with van der Waals surface area (Å²) in [5.74, 6) is 0.806. The summed E-state index contributed by atoms with van der Waals surface area (Å²) in [5, 5.41) is 9.94. The van der Waals surface area contributed by atoms with E-state index in [2.05, 4.69) is 15.8 Å². The molecule has 1 amide bonds. The number of aryl methyl sites for hydroxylation is 2. The average Bonchev–Trinajstić information content (AvgIpc) is 2.58. The van der Waals surface area contributed by atoms with Crippen LogP contribution in [0, 0.1) is 13.8 Å². The van der Waals surface area contributed by atoms with Crippen molar-refractivity contribution in [2.75, 3.05) is 13.1 Å². The monoisotopic (exact) mass is 239 g/mol. The standard InChI is InChI=1S/C12H21N3O2/c1-5-13-7-6-11(16)14-8(2)12-9(3)15-17-10(12)4/h8,13H,5-7H2,1-4H3,(H,14,16). The van der Waals surface area contributed by atoms with Crippen molar-refractivity contribution in [3.05, 3.63) is 17.0 Å². The third kappa shape index (κ3) is 3.85. The van der Waals surface area contributed by atoms with Crippen LogP contribution in [0.4, 0.5) is 0 Å². The Balaban J connectivity index is 2.49. The fraction of sp³-hybridized carbons (Fsp3) is 0.667. The van der Waals surface area contributed by atoms with Gasteiger partial charge >= 0.3 is 0 Å². The van der Waals surface area contributed by atoms with E-state index in [1.807, 2.05) is 27.7 Å². The lowest BCUT2D eigenvalue weighted by molar-refractivity contribution is -0.121. The molecule has 1 aromatic rings. The third-order valence-corrected chi connectivity index (χ3v) is 2.68. The van der Waals surface area contributed by atoms with Crippen molar-refractivity contribution < 1.29 is 9.32 Å². The zero-order chi connectivity index (χ0) is 12.8. The Bertz CT molecular complexity index is 354. The minimum Gasteiger partial charge on any atom is -0.361 e. The molecule has 1 unspecified atom stereocenters. The lowest BCUT2D eigenvalue weighted by Gasteiger charge is -2.13. The summed E-state index contributed by atoms with van der Waals surface area (Å²) in [4.78, 5) is 11.6. The van der Waals surface area contributed by atoms with Crippen molar-refractivity contribution in [2.45, 2.75) is 40.2 Å². The maximum atomic E-state index is 11.6. The number of carbonyl (C=O) groups is 1. The van der Waals surface area contributed by atoms with E-state index >= 15 is 0 Å². The average molecular weight is 239 g/mol. The number of hydrogen-bond donors (Lipinski definition) is 2.